The maximum absolute atomic E-state index is 2.48. The third-order valence-electron chi connectivity index (χ3n) is 3.35. The smallest absolute Gasteiger partial charge is 0.0202 e. The normalized spacial score (nSPS) is 26.1. The van der Waals surface area contributed by atoms with Crippen molar-refractivity contribution in [3.05, 3.63) is 12.2 Å². The Morgan fingerprint density at radius 1 is 1.27 bits per heavy atom. The predicted molar refractivity (Wildman–Crippen MR) is 69.0 cm³/mol. The van der Waals surface area contributed by atoms with Crippen molar-refractivity contribution in [2.24, 2.45) is 17.3 Å². The van der Waals surface area contributed by atoms with E-state index in [2.05, 4.69) is 39.8 Å². The van der Waals surface area contributed by atoms with E-state index in [4.69, 9.17) is 0 Å². The van der Waals surface area contributed by atoms with Crippen LogP contribution >= 0.6 is 0 Å². The van der Waals surface area contributed by atoms with E-state index in [1.165, 1.54) is 38.5 Å². The summed E-state index contributed by atoms with van der Waals surface area (Å²) in [4.78, 5) is 0. The van der Waals surface area contributed by atoms with E-state index in [0.717, 1.165) is 11.8 Å². The minimum absolute atomic E-state index is 0.496. The summed E-state index contributed by atoms with van der Waals surface area (Å²) in [6, 6.07) is 0. The summed E-state index contributed by atoms with van der Waals surface area (Å²) in [5.74, 6) is 1.98. The van der Waals surface area contributed by atoms with Crippen LogP contribution in [0.5, 0.6) is 0 Å². The lowest BCUT2D eigenvalue weighted by Crippen LogP contribution is -2.02. The molecule has 1 fully saturated rings. The lowest BCUT2D eigenvalue weighted by atomic mass is 9.90. The Bertz CT molecular complexity index is 195. The molecular formula is C15H28. The first-order valence-electron chi connectivity index (χ1n) is 6.69. The summed E-state index contributed by atoms with van der Waals surface area (Å²) in [6.07, 6.45) is 13.2. The highest BCUT2D eigenvalue weighted by atomic mass is 14.4. The first-order chi connectivity index (χ1) is 7.03. The van der Waals surface area contributed by atoms with E-state index < -0.39 is 0 Å². The molecule has 0 nitrogen and oxygen atoms in total. The molecule has 0 N–H and O–H groups in total. The second-order valence-corrected chi connectivity index (χ2v) is 6.33. The van der Waals surface area contributed by atoms with Gasteiger partial charge in [-0.05, 0) is 42.9 Å². The van der Waals surface area contributed by atoms with Gasteiger partial charge in [0.25, 0.3) is 0 Å². The van der Waals surface area contributed by atoms with Gasteiger partial charge in [0.2, 0.25) is 0 Å². The molecule has 0 radical (unpaired) electrons. The number of allylic oxidation sites excluding steroid dienone is 2. The summed E-state index contributed by atoms with van der Waals surface area (Å²) in [5, 5.41) is 0. The molecule has 1 aliphatic rings. The van der Waals surface area contributed by atoms with Gasteiger partial charge in [0.15, 0.2) is 0 Å². The lowest BCUT2D eigenvalue weighted by molar-refractivity contribution is 0.381. The minimum atomic E-state index is 0.496. The van der Waals surface area contributed by atoms with Gasteiger partial charge in [0.1, 0.15) is 0 Å². The van der Waals surface area contributed by atoms with Crippen LogP contribution < -0.4 is 0 Å². The quantitative estimate of drug-likeness (QED) is 0.527. The summed E-state index contributed by atoms with van der Waals surface area (Å²) in [6.45, 7) is 9.25. The number of rotatable bonds is 6. The Labute approximate surface area is 96.2 Å². The molecule has 0 spiro atoms. The molecule has 0 aromatic carbocycles. The lowest BCUT2D eigenvalue weighted by Gasteiger charge is -2.15. The Kier molecular flexibility index (Phi) is 4.89. The maximum atomic E-state index is 2.48. The van der Waals surface area contributed by atoms with Crippen LogP contribution in [0, 0.1) is 17.3 Å². The third kappa shape index (κ3) is 6.02. The molecule has 0 aromatic rings. The SMILES string of the molecule is CCCCC1CC1/C=C/CCC(C)(C)C. The first kappa shape index (κ1) is 12.8. The molecule has 88 valence electrons. The molecule has 0 aromatic heterocycles. The molecule has 2 atom stereocenters. The van der Waals surface area contributed by atoms with E-state index in [0.29, 0.717) is 5.41 Å². The Balaban J connectivity index is 2.03. The monoisotopic (exact) mass is 208 g/mol. The highest BCUT2D eigenvalue weighted by Gasteiger charge is 2.33. The van der Waals surface area contributed by atoms with E-state index in [1.807, 2.05) is 0 Å². The molecule has 0 saturated heterocycles. The minimum Gasteiger partial charge on any atom is -0.0882 e. The molecule has 0 heteroatoms. The van der Waals surface area contributed by atoms with Crippen LogP contribution in [0.15, 0.2) is 12.2 Å². The highest BCUT2D eigenvalue weighted by Crippen LogP contribution is 2.43. The topological polar surface area (TPSA) is 0 Å². The fraction of sp³-hybridized carbons (Fsp3) is 0.867. The Morgan fingerprint density at radius 3 is 2.60 bits per heavy atom. The molecule has 0 heterocycles. The average Bonchev–Trinajstić information content (AvgIpc) is 2.87. The van der Waals surface area contributed by atoms with Gasteiger partial charge in [0, 0.05) is 0 Å². The molecule has 2 unspecified atom stereocenters. The average molecular weight is 208 g/mol. The van der Waals surface area contributed by atoms with Gasteiger partial charge in [-0.2, -0.15) is 0 Å². The first-order valence-corrected chi connectivity index (χ1v) is 6.69. The summed E-state index contributed by atoms with van der Waals surface area (Å²) < 4.78 is 0. The molecular weight excluding hydrogens is 180 g/mol. The van der Waals surface area contributed by atoms with Crippen molar-refractivity contribution in [1.82, 2.24) is 0 Å². The van der Waals surface area contributed by atoms with Gasteiger partial charge in [-0.15, -0.1) is 0 Å². The molecule has 0 aliphatic heterocycles. The molecule has 15 heavy (non-hydrogen) atoms. The van der Waals surface area contributed by atoms with E-state index in [-0.39, 0.29) is 0 Å². The van der Waals surface area contributed by atoms with Crippen LogP contribution in [-0.4, -0.2) is 0 Å². The second kappa shape index (κ2) is 5.72. The van der Waals surface area contributed by atoms with Gasteiger partial charge in [-0.1, -0.05) is 52.7 Å². The van der Waals surface area contributed by atoms with Gasteiger partial charge in [-0.3, -0.25) is 0 Å². The molecule has 0 bridgehead atoms. The number of unbranched alkanes of at least 4 members (excludes halogenated alkanes) is 1. The zero-order valence-corrected chi connectivity index (χ0v) is 11.1. The van der Waals surface area contributed by atoms with Crippen LogP contribution in [0.4, 0.5) is 0 Å². The fourth-order valence-electron chi connectivity index (χ4n) is 2.09. The molecule has 1 rings (SSSR count). The van der Waals surface area contributed by atoms with Crippen molar-refractivity contribution in [3.63, 3.8) is 0 Å². The van der Waals surface area contributed by atoms with E-state index >= 15 is 0 Å². The van der Waals surface area contributed by atoms with Crippen molar-refractivity contribution in [2.75, 3.05) is 0 Å². The van der Waals surface area contributed by atoms with Crippen molar-refractivity contribution >= 4 is 0 Å². The number of hydrogen-bond donors (Lipinski definition) is 0. The highest BCUT2D eigenvalue weighted by molar-refractivity contribution is 5.01. The predicted octanol–water partition coefficient (Wildman–Crippen LogP) is 5.20. The van der Waals surface area contributed by atoms with E-state index in [1.54, 1.807) is 0 Å². The van der Waals surface area contributed by atoms with E-state index in [9.17, 15) is 0 Å². The van der Waals surface area contributed by atoms with Crippen molar-refractivity contribution in [3.8, 4) is 0 Å². The van der Waals surface area contributed by atoms with Gasteiger partial charge in [0.05, 0.1) is 0 Å². The van der Waals surface area contributed by atoms with Crippen LogP contribution in [0.3, 0.4) is 0 Å². The van der Waals surface area contributed by atoms with Gasteiger partial charge < -0.3 is 0 Å². The van der Waals surface area contributed by atoms with Crippen LogP contribution in [-0.2, 0) is 0 Å². The van der Waals surface area contributed by atoms with Crippen molar-refractivity contribution in [2.45, 2.75) is 66.2 Å². The maximum Gasteiger partial charge on any atom is -0.0202 e. The van der Waals surface area contributed by atoms with Crippen LogP contribution in [0.2, 0.25) is 0 Å². The molecule has 1 aliphatic carbocycles. The van der Waals surface area contributed by atoms with Gasteiger partial charge >= 0.3 is 0 Å². The third-order valence-corrected chi connectivity index (χ3v) is 3.35. The van der Waals surface area contributed by atoms with Crippen LogP contribution in [0.25, 0.3) is 0 Å². The Hall–Kier alpha value is -0.260. The summed E-state index contributed by atoms with van der Waals surface area (Å²) >= 11 is 0. The van der Waals surface area contributed by atoms with Crippen molar-refractivity contribution in [1.29, 1.82) is 0 Å². The largest absolute Gasteiger partial charge is 0.0882 e. The standard InChI is InChI=1S/C15H28/c1-5-6-9-13-12-14(13)10-7-8-11-15(2,3)4/h7,10,13-14H,5-6,8-9,11-12H2,1-4H3/b10-7+. The Morgan fingerprint density at radius 2 is 2.00 bits per heavy atom. The van der Waals surface area contributed by atoms with Gasteiger partial charge in [-0.25, -0.2) is 0 Å². The number of hydrogen-bond acceptors (Lipinski definition) is 0. The van der Waals surface area contributed by atoms with Crippen LogP contribution in [0.1, 0.15) is 66.2 Å². The zero-order valence-electron chi connectivity index (χ0n) is 11.1. The molecule has 1 saturated carbocycles. The second-order valence-electron chi connectivity index (χ2n) is 6.33. The summed E-state index contributed by atoms with van der Waals surface area (Å²) in [7, 11) is 0. The molecule has 0 amide bonds. The zero-order chi connectivity index (χ0) is 11.3. The summed E-state index contributed by atoms with van der Waals surface area (Å²) in [5.41, 5.74) is 0.496. The fourth-order valence-corrected chi connectivity index (χ4v) is 2.09. The van der Waals surface area contributed by atoms with Crippen molar-refractivity contribution < 1.29 is 0 Å².